The molecule has 1 unspecified atom stereocenters. The molecule has 0 saturated heterocycles. The summed E-state index contributed by atoms with van der Waals surface area (Å²) in [6, 6.07) is 6.29. The van der Waals surface area contributed by atoms with Gasteiger partial charge in [-0.2, -0.15) is 0 Å². The van der Waals surface area contributed by atoms with Crippen molar-refractivity contribution in [3.8, 4) is 0 Å². The van der Waals surface area contributed by atoms with Crippen LogP contribution in [0.1, 0.15) is 118 Å². The number of rotatable bonds is 16. The number of hydrogen-bond acceptors (Lipinski definition) is 3. The van der Waals surface area contributed by atoms with Crippen molar-refractivity contribution in [1.82, 2.24) is 0 Å². The van der Waals surface area contributed by atoms with Gasteiger partial charge in [0, 0.05) is 0 Å². The van der Waals surface area contributed by atoms with Crippen molar-refractivity contribution in [3.05, 3.63) is 35.4 Å². The number of carboxylic acid groups (broad SMARTS) is 1. The van der Waals surface area contributed by atoms with Crippen LogP contribution in [0, 0.1) is 0 Å². The molecule has 1 N–H and O–H groups in total. The minimum Gasteiger partial charge on any atom is -0.478 e. The lowest BCUT2D eigenvalue weighted by atomic mass is 10.0. The van der Waals surface area contributed by atoms with Gasteiger partial charge < -0.3 is 9.84 Å². The van der Waals surface area contributed by atoms with E-state index in [2.05, 4.69) is 13.8 Å². The first kappa shape index (κ1) is 24.2. The highest BCUT2D eigenvalue weighted by atomic mass is 16.5. The molecule has 0 bridgehead atoms. The molecule has 0 spiro atoms. The second kappa shape index (κ2) is 15.1. The van der Waals surface area contributed by atoms with Crippen LogP contribution < -0.4 is 0 Å². The van der Waals surface area contributed by atoms with Gasteiger partial charge in [0.25, 0.3) is 0 Å². The Balaban J connectivity index is 2.56. The number of esters is 1. The van der Waals surface area contributed by atoms with Crippen molar-refractivity contribution in [2.75, 3.05) is 0 Å². The maximum absolute atomic E-state index is 12.6. The summed E-state index contributed by atoms with van der Waals surface area (Å²) in [5.41, 5.74) is 0.154. The molecule has 0 amide bonds. The average molecular weight is 391 g/mol. The third kappa shape index (κ3) is 9.91. The maximum Gasteiger partial charge on any atom is 0.339 e. The van der Waals surface area contributed by atoms with E-state index in [4.69, 9.17) is 4.74 Å². The minimum atomic E-state index is -1.10. The summed E-state index contributed by atoms with van der Waals surface area (Å²) < 4.78 is 5.75. The lowest BCUT2D eigenvalue weighted by Crippen LogP contribution is -2.20. The molecular formula is C24H38O4. The molecule has 1 atom stereocenters. The van der Waals surface area contributed by atoms with E-state index in [0.29, 0.717) is 0 Å². The summed E-state index contributed by atoms with van der Waals surface area (Å²) in [5.74, 6) is -1.61. The Morgan fingerprint density at radius 2 is 1.25 bits per heavy atom. The molecule has 0 radical (unpaired) electrons. The Labute approximate surface area is 170 Å². The molecule has 0 aliphatic rings. The summed E-state index contributed by atoms with van der Waals surface area (Å²) in [7, 11) is 0. The standard InChI is InChI=1S/C24H38O4/c1-3-5-7-9-10-11-13-17-20(16-12-8-6-4-2)28-24(27)22-19-15-14-18-21(22)23(25)26/h14-15,18-20H,3-13,16-17H2,1-2H3,(H,25,26). The van der Waals surface area contributed by atoms with E-state index in [0.717, 1.165) is 32.1 Å². The number of carbonyl (C=O) groups excluding carboxylic acids is 1. The molecule has 1 rings (SSSR count). The lowest BCUT2D eigenvalue weighted by Gasteiger charge is -2.18. The van der Waals surface area contributed by atoms with Gasteiger partial charge in [-0.15, -0.1) is 0 Å². The predicted molar refractivity (Wildman–Crippen MR) is 114 cm³/mol. The van der Waals surface area contributed by atoms with Crippen LogP contribution in [0.5, 0.6) is 0 Å². The topological polar surface area (TPSA) is 63.6 Å². The van der Waals surface area contributed by atoms with Gasteiger partial charge in [-0.05, 0) is 37.8 Å². The molecule has 0 heterocycles. The van der Waals surface area contributed by atoms with Crippen molar-refractivity contribution >= 4 is 11.9 Å². The Bertz CT molecular complexity index is 567. The van der Waals surface area contributed by atoms with Crippen molar-refractivity contribution in [2.24, 2.45) is 0 Å². The van der Waals surface area contributed by atoms with Crippen molar-refractivity contribution in [2.45, 2.75) is 103 Å². The van der Waals surface area contributed by atoms with Gasteiger partial charge in [-0.1, -0.05) is 83.8 Å². The van der Waals surface area contributed by atoms with Gasteiger partial charge in [0.1, 0.15) is 6.10 Å². The first-order valence-electron chi connectivity index (χ1n) is 11.1. The van der Waals surface area contributed by atoms with Gasteiger partial charge in [0.2, 0.25) is 0 Å². The zero-order chi connectivity index (χ0) is 20.6. The molecule has 158 valence electrons. The first-order chi connectivity index (χ1) is 13.6. The number of hydrogen-bond donors (Lipinski definition) is 1. The third-order valence-corrected chi connectivity index (χ3v) is 5.16. The van der Waals surface area contributed by atoms with E-state index in [-0.39, 0.29) is 17.2 Å². The van der Waals surface area contributed by atoms with E-state index < -0.39 is 11.9 Å². The molecular weight excluding hydrogens is 352 g/mol. The largest absolute Gasteiger partial charge is 0.478 e. The molecule has 1 aromatic carbocycles. The highest BCUT2D eigenvalue weighted by Crippen LogP contribution is 2.19. The molecule has 0 saturated carbocycles. The summed E-state index contributed by atoms with van der Waals surface area (Å²) in [5, 5.41) is 9.30. The van der Waals surface area contributed by atoms with Gasteiger partial charge in [0.05, 0.1) is 11.1 Å². The zero-order valence-corrected chi connectivity index (χ0v) is 17.8. The number of unbranched alkanes of at least 4 members (excludes halogenated alkanes) is 9. The second-order valence-electron chi connectivity index (χ2n) is 7.64. The van der Waals surface area contributed by atoms with Crippen LogP contribution in [0.25, 0.3) is 0 Å². The van der Waals surface area contributed by atoms with Crippen molar-refractivity contribution < 1.29 is 19.4 Å². The number of benzene rings is 1. The van der Waals surface area contributed by atoms with Crippen LogP contribution in [-0.2, 0) is 4.74 Å². The Kier molecular flexibility index (Phi) is 13.1. The van der Waals surface area contributed by atoms with E-state index in [1.807, 2.05) is 0 Å². The van der Waals surface area contributed by atoms with Gasteiger partial charge in [-0.25, -0.2) is 9.59 Å². The monoisotopic (exact) mass is 390 g/mol. The smallest absolute Gasteiger partial charge is 0.339 e. The van der Waals surface area contributed by atoms with E-state index in [1.54, 1.807) is 12.1 Å². The minimum absolute atomic E-state index is 0.00755. The van der Waals surface area contributed by atoms with Gasteiger partial charge in [0.15, 0.2) is 0 Å². The zero-order valence-electron chi connectivity index (χ0n) is 17.8. The highest BCUT2D eigenvalue weighted by Gasteiger charge is 2.20. The summed E-state index contributed by atoms with van der Waals surface area (Å²) in [6.45, 7) is 4.40. The normalized spacial score (nSPS) is 11.9. The molecule has 4 heteroatoms. The molecule has 0 aromatic heterocycles. The fourth-order valence-electron chi connectivity index (χ4n) is 3.45. The average Bonchev–Trinajstić information content (AvgIpc) is 2.70. The number of carboxylic acids is 1. The van der Waals surface area contributed by atoms with Crippen LogP contribution in [-0.4, -0.2) is 23.1 Å². The van der Waals surface area contributed by atoms with Crippen LogP contribution in [0.15, 0.2) is 24.3 Å². The van der Waals surface area contributed by atoms with E-state index in [9.17, 15) is 14.7 Å². The van der Waals surface area contributed by atoms with Gasteiger partial charge >= 0.3 is 11.9 Å². The van der Waals surface area contributed by atoms with Crippen molar-refractivity contribution in [3.63, 3.8) is 0 Å². The fraction of sp³-hybridized carbons (Fsp3) is 0.667. The Hall–Kier alpha value is -1.84. The SMILES string of the molecule is CCCCCCCCCC(CCCCCC)OC(=O)c1ccccc1C(=O)O. The lowest BCUT2D eigenvalue weighted by molar-refractivity contribution is 0.0244. The highest BCUT2D eigenvalue weighted by molar-refractivity contribution is 6.02. The molecule has 0 aliphatic heterocycles. The molecule has 0 fully saturated rings. The maximum atomic E-state index is 12.6. The quantitative estimate of drug-likeness (QED) is 0.243. The number of ether oxygens (including phenoxy) is 1. The predicted octanol–water partition coefficient (Wildman–Crippen LogP) is 7.02. The Morgan fingerprint density at radius 1 is 0.786 bits per heavy atom. The van der Waals surface area contributed by atoms with Crippen LogP contribution in [0.2, 0.25) is 0 Å². The third-order valence-electron chi connectivity index (χ3n) is 5.16. The van der Waals surface area contributed by atoms with Crippen molar-refractivity contribution in [1.29, 1.82) is 0 Å². The number of aromatic carboxylic acids is 1. The Morgan fingerprint density at radius 3 is 1.79 bits per heavy atom. The van der Waals surface area contributed by atoms with E-state index >= 15 is 0 Å². The van der Waals surface area contributed by atoms with Crippen LogP contribution in [0.4, 0.5) is 0 Å². The second-order valence-corrected chi connectivity index (χ2v) is 7.64. The summed E-state index contributed by atoms with van der Waals surface area (Å²) in [6.07, 6.45) is 14.8. The fourth-order valence-corrected chi connectivity index (χ4v) is 3.45. The summed E-state index contributed by atoms with van der Waals surface area (Å²) >= 11 is 0. The van der Waals surface area contributed by atoms with Crippen LogP contribution >= 0.6 is 0 Å². The van der Waals surface area contributed by atoms with Crippen LogP contribution in [0.3, 0.4) is 0 Å². The molecule has 4 nitrogen and oxygen atoms in total. The molecule has 28 heavy (non-hydrogen) atoms. The molecule has 0 aliphatic carbocycles. The number of carbonyl (C=O) groups is 2. The van der Waals surface area contributed by atoms with E-state index in [1.165, 1.54) is 63.5 Å². The summed E-state index contributed by atoms with van der Waals surface area (Å²) in [4.78, 5) is 24.0. The molecule has 1 aromatic rings. The first-order valence-corrected chi connectivity index (χ1v) is 11.1. The van der Waals surface area contributed by atoms with Gasteiger partial charge in [-0.3, -0.25) is 0 Å².